The molecule has 1 aliphatic carbocycles. The summed E-state index contributed by atoms with van der Waals surface area (Å²) in [7, 11) is 0. The molecule has 0 spiro atoms. The molecule has 2 aromatic carbocycles. The van der Waals surface area contributed by atoms with Crippen molar-refractivity contribution >= 4 is 17.4 Å². The molecule has 0 fully saturated rings. The van der Waals surface area contributed by atoms with E-state index in [1.165, 1.54) is 12.1 Å². The van der Waals surface area contributed by atoms with Crippen molar-refractivity contribution in [2.75, 3.05) is 0 Å². The maximum atomic E-state index is 11.9. The van der Waals surface area contributed by atoms with Crippen LogP contribution in [0.5, 0.6) is 5.75 Å². The minimum atomic E-state index is -0.435. The molecule has 21 heavy (non-hydrogen) atoms. The van der Waals surface area contributed by atoms with Crippen molar-refractivity contribution in [2.45, 2.75) is 6.42 Å². The Bertz CT molecular complexity index is 766. The SMILES string of the molecule is O=C(N/N=C1\CC(=O)c2ccccc21)c1cccc(O)c1. The van der Waals surface area contributed by atoms with E-state index in [1.807, 2.05) is 6.07 Å². The summed E-state index contributed by atoms with van der Waals surface area (Å²) in [5.41, 5.74) is 4.64. The highest BCUT2D eigenvalue weighted by Gasteiger charge is 2.25. The second-order valence-corrected chi connectivity index (χ2v) is 4.70. The van der Waals surface area contributed by atoms with Gasteiger partial charge in [0.1, 0.15) is 5.75 Å². The minimum absolute atomic E-state index is 0.00375. The average Bonchev–Trinajstić information content (AvgIpc) is 2.82. The molecule has 0 bridgehead atoms. The summed E-state index contributed by atoms with van der Waals surface area (Å²) in [6.07, 6.45) is 0.180. The van der Waals surface area contributed by atoms with Gasteiger partial charge in [0.25, 0.3) is 5.91 Å². The predicted octanol–water partition coefficient (Wildman–Crippen LogP) is 2.11. The van der Waals surface area contributed by atoms with Crippen LogP contribution in [0.1, 0.15) is 32.7 Å². The standard InChI is InChI=1S/C16H12N2O3/c19-11-5-3-4-10(8-11)16(21)18-17-14-9-15(20)13-7-2-1-6-12(13)14/h1-8,19H,9H2,(H,18,21)/b17-14+. The van der Waals surface area contributed by atoms with Gasteiger partial charge in [0, 0.05) is 16.7 Å². The zero-order chi connectivity index (χ0) is 14.8. The molecule has 0 aliphatic heterocycles. The minimum Gasteiger partial charge on any atom is -0.508 e. The fourth-order valence-corrected chi connectivity index (χ4v) is 2.25. The number of nitrogens with one attached hydrogen (secondary N) is 1. The Morgan fingerprint density at radius 3 is 2.62 bits per heavy atom. The molecule has 0 saturated heterocycles. The van der Waals surface area contributed by atoms with Crippen molar-refractivity contribution in [3.05, 3.63) is 65.2 Å². The van der Waals surface area contributed by atoms with Crippen LogP contribution in [-0.4, -0.2) is 22.5 Å². The van der Waals surface area contributed by atoms with Gasteiger partial charge in [0.15, 0.2) is 5.78 Å². The van der Waals surface area contributed by atoms with Gasteiger partial charge in [-0.2, -0.15) is 5.10 Å². The number of ketones is 1. The van der Waals surface area contributed by atoms with E-state index in [-0.39, 0.29) is 18.0 Å². The number of Topliss-reactive ketones (excluding diaryl/α,β-unsaturated/α-hetero) is 1. The molecule has 2 N–H and O–H groups in total. The predicted molar refractivity (Wildman–Crippen MR) is 77.5 cm³/mol. The third-order valence-electron chi connectivity index (χ3n) is 3.27. The number of hydrazone groups is 1. The monoisotopic (exact) mass is 280 g/mol. The fraction of sp³-hybridized carbons (Fsp3) is 0.0625. The lowest BCUT2D eigenvalue weighted by molar-refractivity contribution is 0.0951. The highest BCUT2D eigenvalue weighted by atomic mass is 16.3. The number of rotatable bonds is 2. The Kier molecular flexibility index (Phi) is 3.23. The maximum absolute atomic E-state index is 11.9. The number of fused-ring (bicyclic) bond motifs is 1. The number of amides is 1. The van der Waals surface area contributed by atoms with Crippen LogP contribution < -0.4 is 5.43 Å². The van der Waals surface area contributed by atoms with Crippen molar-refractivity contribution in [3.63, 3.8) is 0 Å². The van der Waals surface area contributed by atoms with E-state index >= 15 is 0 Å². The summed E-state index contributed by atoms with van der Waals surface area (Å²) in [6.45, 7) is 0. The quantitative estimate of drug-likeness (QED) is 0.827. The van der Waals surface area contributed by atoms with Crippen molar-refractivity contribution in [1.82, 2.24) is 5.43 Å². The van der Waals surface area contributed by atoms with E-state index in [1.54, 1.807) is 30.3 Å². The molecular formula is C16H12N2O3. The smallest absolute Gasteiger partial charge is 0.271 e. The van der Waals surface area contributed by atoms with Crippen LogP contribution in [0.25, 0.3) is 0 Å². The second kappa shape index (κ2) is 5.20. The molecular weight excluding hydrogens is 268 g/mol. The molecule has 0 heterocycles. The van der Waals surface area contributed by atoms with Crippen LogP contribution in [0.15, 0.2) is 53.6 Å². The number of hydrogen-bond acceptors (Lipinski definition) is 4. The zero-order valence-electron chi connectivity index (χ0n) is 11.0. The topological polar surface area (TPSA) is 78.8 Å². The van der Waals surface area contributed by atoms with Gasteiger partial charge in [0.05, 0.1) is 12.1 Å². The number of hydrogen-bond donors (Lipinski definition) is 2. The van der Waals surface area contributed by atoms with E-state index < -0.39 is 5.91 Å². The van der Waals surface area contributed by atoms with E-state index in [4.69, 9.17) is 0 Å². The molecule has 1 aliphatic rings. The number of nitrogens with zero attached hydrogens (tertiary/aromatic N) is 1. The first-order valence-electron chi connectivity index (χ1n) is 6.43. The second-order valence-electron chi connectivity index (χ2n) is 4.70. The van der Waals surface area contributed by atoms with E-state index in [2.05, 4.69) is 10.5 Å². The van der Waals surface area contributed by atoms with Gasteiger partial charge in [0.2, 0.25) is 0 Å². The summed E-state index contributed by atoms with van der Waals surface area (Å²) in [6, 6.07) is 13.2. The van der Waals surface area contributed by atoms with Crippen LogP contribution in [0.2, 0.25) is 0 Å². The Morgan fingerprint density at radius 1 is 1.10 bits per heavy atom. The van der Waals surface area contributed by atoms with Crippen molar-refractivity contribution in [1.29, 1.82) is 0 Å². The number of carbonyl (C=O) groups is 2. The molecule has 0 atom stereocenters. The van der Waals surface area contributed by atoms with Crippen LogP contribution in [0.3, 0.4) is 0 Å². The van der Waals surface area contributed by atoms with Crippen LogP contribution in [0, 0.1) is 0 Å². The summed E-state index contributed by atoms with van der Waals surface area (Å²) < 4.78 is 0. The first-order chi connectivity index (χ1) is 10.1. The van der Waals surface area contributed by atoms with Gasteiger partial charge >= 0.3 is 0 Å². The highest BCUT2D eigenvalue weighted by Crippen LogP contribution is 2.22. The molecule has 0 unspecified atom stereocenters. The van der Waals surface area contributed by atoms with E-state index in [9.17, 15) is 14.7 Å². The third-order valence-corrected chi connectivity index (χ3v) is 3.27. The van der Waals surface area contributed by atoms with E-state index in [0.29, 0.717) is 16.8 Å². The summed E-state index contributed by atoms with van der Waals surface area (Å²) in [5.74, 6) is -0.428. The number of phenols is 1. The average molecular weight is 280 g/mol. The Hall–Kier alpha value is -2.95. The highest BCUT2D eigenvalue weighted by molar-refractivity contribution is 6.26. The molecule has 0 aromatic heterocycles. The summed E-state index contributed by atoms with van der Waals surface area (Å²) in [5, 5.41) is 13.4. The Morgan fingerprint density at radius 2 is 1.86 bits per heavy atom. The molecule has 2 aromatic rings. The number of phenolic OH excluding ortho intramolecular Hbond substituents is 1. The van der Waals surface area contributed by atoms with Gasteiger partial charge < -0.3 is 5.11 Å². The molecule has 3 rings (SSSR count). The van der Waals surface area contributed by atoms with Gasteiger partial charge in [-0.3, -0.25) is 9.59 Å². The lowest BCUT2D eigenvalue weighted by Gasteiger charge is -2.02. The summed E-state index contributed by atoms with van der Waals surface area (Å²) >= 11 is 0. The number of carbonyl (C=O) groups excluding carboxylic acids is 2. The first kappa shape index (κ1) is 13.1. The fourth-order valence-electron chi connectivity index (χ4n) is 2.25. The lowest BCUT2D eigenvalue weighted by Crippen LogP contribution is -2.19. The zero-order valence-corrected chi connectivity index (χ0v) is 11.0. The van der Waals surface area contributed by atoms with Crippen molar-refractivity contribution < 1.29 is 14.7 Å². The molecule has 1 amide bonds. The van der Waals surface area contributed by atoms with E-state index in [0.717, 1.165) is 5.56 Å². The maximum Gasteiger partial charge on any atom is 0.271 e. The van der Waals surface area contributed by atoms with Crippen LogP contribution in [-0.2, 0) is 0 Å². The molecule has 0 saturated carbocycles. The third kappa shape index (κ3) is 2.53. The summed E-state index contributed by atoms with van der Waals surface area (Å²) in [4.78, 5) is 23.7. The lowest BCUT2D eigenvalue weighted by atomic mass is 10.1. The molecule has 5 nitrogen and oxygen atoms in total. The van der Waals surface area contributed by atoms with Gasteiger partial charge in [-0.1, -0.05) is 30.3 Å². The largest absolute Gasteiger partial charge is 0.508 e. The van der Waals surface area contributed by atoms with Crippen molar-refractivity contribution in [3.8, 4) is 5.75 Å². The van der Waals surface area contributed by atoms with Gasteiger partial charge in [-0.15, -0.1) is 0 Å². The van der Waals surface area contributed by atoms with Crippen LogP contribution in [0.4, 0.5) is 0 Å². The molecule has 5 heteroatoms. The van der Waals surface area contributed by atoms with Gasteiger partial charge in [-0.25, -0.2) is 5.43 Å². The normalized spacial score (nSPS) is 15.0. The van der Waals surface area contributed by atoms with Gasteiger partial charge in [-0.05, 0) is 18.2 Å². The number of aromatic hydroxyl groups is 1. The van der Waals surface area contributed by atoms with Crippen molar-refractivity contribution in [2.24, 2.45) is 5.10 Å². The molecule has 104 valence electrons. The first-order valence-corrected chi connectivity index (χ1v) is 6.43. The Balaban J connectivity index is 1.82. The Labute approximate surface area is 120 Å². The number of benzene rings is 2. The molecule has 0 radical (unpaired) electrons. The van der Waals surface area contributed by atoms with Crippen LogP contribution >= 0.6 is 0 Å².